The third-order valence-electron chi connectivity index (χ3n) is 4.44. The first-order valence-electron chi connectivity index (χ1n) is 8.62. The molecule has 1 aromatic rings. The van der Waals surface area contributed by atoms with Gasteiger partial charge in [0.1, 0.15) is 0 Å². The Morgan fingerprint density at radius 3 is 2.74 bits per heavy atom. The molecule has 130 valence electrons. The highest BCUT2D eigenvalue weighted by atomic mass is 16.5. The second kappa shape index (κ2) is 8.98. The van der Waals surface area contributed by atoms with E-state index in [1.54, 1.807) is 0 Å². The number of aromatic nitrogens is 2. The van der Waals surface area contributed by atoms with Gasteiger partial charge in [-0.1, -0.05) is 25.4 Å². The minimum Gasteiger partial charge on any atom is -0.480 e. The zero-order valence-electron chi connectivity index (χ0n) is 14.2. The third kappa shape index (κ3) is 5.58. The third-order valence-corrected chi connectivity index (χ3v) is 4.44. The zero-order valence-corrected chi connectivity index (χ0v) is 14.2. The molecule has 23 heavy (non-hydrogen) atoms. The van der Waals surface area contributed by atoms with Crippen molar-refractivity contribution in [3.63, 3.8) is 0 Å². The van der Waals surface area contributed by atoms with E-state index in [4.69, 9.17) is 9.63 Å². The minimum absolute atomic E-state index is 0.132. The number of hydrogen-bond acceptors (Lipinski definition) is 6. The van der Waals surface area contributed by atoms with E-state index in [-0.39, 0.29) is 6.54 Å². The van der Waals surface area contributed by atoms with Crippen LogP contribution in [-0.2, 0) is 17.8 Å². The van der Waals surface area contributed by atoms with Crippen LogP contribution in [0.25, 0.3) is 0 Å². The summed E-state index contributed by atoms with van der Waals surface area (Å²) in [6.45, 7) is 7.68. The lowest BCUT2D eigenvalue weighted by Crippen LogP contribution is -2.46. The quantitative estimate of drug-likeness (QED) is 0.741. The molecule has 0 amide bonds. The number of aliphatic carboxylic acids is 1. The van der Waals surface area contributed by atoms with Crippen molar-refractivity contribution in [3.8, 4) is 0 Å². The maximum absolute atomic E-state index is 10.9. The number of nitrogens with zero attached hydrogens (tertiary/aromatic N) is 4. The number of likely N-dealkylation sites (tertiary alicyclic amines) is 1. The van der Waals surface area contributed by atoms with Gasteiger partial charge in [-0.05, 0) is 25.8 Å². The highest BCUT2D eigenvalue weighted by Gasteiger charge is 2.25. The second-order valence-corrected chi connectivity index (χ2v) is 6.17. The fourth-order valence-electron chi connectivity index (χ4n) is 3.10. The molecular formula is C16H28N4O3. The number of piperidine rings is 1. The first-order chi connectivity index (χ1) is 11.1. The van der Waals surface area contributed by atoms with Crippen molar-refractivity contribution in [3.05, 3.63) is 11.7 Å². The molecule has 0 radical (unpaired) electrons. The van der Waals surface area contributed by atoms with Gasteiger partial charge < -0.3 is 9.63 Å². The highest BCUT2D eigenvalue weighted by molar-refractivity contribution is 5.69. The molecule has 1 aromatic heterocycles. The predicted molar refractivity (Wildman–Crippen MR) is 86.1 cm³/mol. The topological polar surface area (TPSA) is 82.7 Å². The minimum atomic E-state index is -0.749. The molecular weight excluding hydrogens is 296 g/mol. The fourth-order valence-corrected chi connectivity index (χ4v) is 3.10. The number of aryl methyl sites for hydroxylation is 1. The Bertz CT molecular complexity index is 483. The average Bonchev–Trinajstić information content (AvgIpc) is 2.98. The molecule has 0 atom stereocenters. The lowest BCUT2D eigenvalue weighted by molar-refractivity contribution is -0.139. The maximum Gasteiger partial charge on any atom is 0.317 e. The van der Waals surface area contributed by atoms with Gasteiger partial charge in [-0.15, -0.1) is 0 Å². The molecule has 0 aromatic carbocycles. The van der Waals surface area contributed by atoms with Crippen LogP contribution in [-0.4, -0.2) is 63.2 Å². The Balaban J connectivity index is 1.77. The van der Waals surface area contributed by atoms with Gasteiger partial charge in [-0.3, -0.25) is 14.6 Å². The molecule has 0 bridgehead atoms. The molecule has 0 aliphatic carbocycles. The van der Waals surface area contributed by atoms with E-state index in [2.05, 4.69) is 26.9 Å². The molecule has 1 aliphatic rings. The van der Waals surface area contributed by atoms with Crippen molar-refractivity contribution in [2.75, 3.05) is 26.2 Å². The molecule has 1 aliphatic heterocycles. The van der Waals surface area contributed by atoms with Crippen LogP contribution in [0.15, 0.2) is 4.52 Å². The summed E-state index contributed by atoms with van der Waals surface area (Å²) in [5.41, 5.74) is 0. The van der Waals surface area contributed by atoms with Crippen molar-refractivity contribution < 1.29 is 14.4 Å². The summed E-state index contributed by atoms with van der Waals surface area (Å²) in [5, 5.41) is 13.0. The van der Waals surface area contributed by atoms with Gasteiger partial charge in [-0.2, -0.15) is 4.98 Å². The van der Waals surface area contributed by atoms with Crippen molar-refractivity contribution in [1.82, 2.24) is 19.9 Å². The molecule has 0 saturated carbocycles. The molecule has 1 fully saturated rings. The molecule has 1 saturated heterocycles. The van der Waals surface area contributed by atoms with Crippen LogP contribution < -0.4 is 0 Å². The Kier molecular flexibility index (Phi) is 6.98. The molecule has 2 rings (SSSR count). The van der Waals surface area contributed by atoms with Gasteiger partial charge in [0, 0.05) is 25.6 Å². The molecule has 0 spiro atoms. The molecule has 7 nitrogen and oxygen atoms in total. The number of likely N-dealkylation sites (N-methyl/N-ethyl adjacent to an activating group) is 1. The first kappa shape index (κ1) is 17.9. The Morgan fingerprint density at radius 2 is 2.13 bits per heavy atom. The number of unbranched alkanes of at least 4 members (excludes halogenated alkanes) is 1. The Morgan fingerprint density at radius 1 is 1.39 bits per heavy atom. The fraction of sp³-hybridized carbons (Fsp3) is 0.812. The zero-order chi connectivity index (χ0) is 16.7. The first-order valence-corrected chi connectivity index (χ1v) is 8.62. The average molecular weight is 324 g/mol. The number of rotatable bonds is 9. The van der Waals surface area contributed by atoms with E-state index in [0.717, 1.165) is 63.5 Å². The van der Waals surface area contributed by atoms with Crippen molar-refractivity contribution in [2.45, 2.75) is 58.5 Å². The van der Waals surface area contributed by atoms with E-state index < -0.39 is 5.97 Å². The highest BCUT2D eigenvalue weighted by Crippen LogP contribution is 2.18. The summed E-state index contributed by atoms with van der Waals surface area (Å²) in [6, 6.07) is 0.359. The Hall–Kier alpha value is -1.47. The van der Waals surface area contributed by atoms with Gasteiger partial charge in [0.05, 0.1) is 13.1 Å². The standard InChI is InChI=1S/C16H28N4O3/c1-3-5-6-15-17-14(18-23-15)11-19-9-7-13(8-10-19)20(4-2)12-16(21)22/h13H,3-12H2,1-2H3,(H,21,22). The summed E-state index contributed by atoms with van der Waals surface area (Å²) in [7, 11) is 0. The van der Waals surface area contributed by atoms with Crippen LogP contribution in [0.5, 0.6) is 0 Å². The van der Waals surface area contributed by atoms with Gasteiger partial charge in [-0.25, -0.2) is 0 Å². The van der Waals surface area contributed by atoms with Crippen LogP contribution in [0.4, 0.5) is 0 Å². The van der Waals surface area contributed by atoms with Crippen LogP contribution in [0.3, 0.4) is 0 Å². The number of carboxylic acids is 1. The van der Waals surface area contributed by atoms with E-state index >= 15 is 0 Å². The second-order valence-electron chi connectivity index (χ2n) is 6.17. The summed E-state index contributed by atoms with van der Waals surface area (Å²) >= 11 is 0. The number of hydrogen-bond donors (Lipinski definition) is 1. The van der Waals surface area contributed by atoms with Crippen molar-refractivity contribution in [1.29, 1.82) is 0 Å². The van der Waals surface area contributed by atoms with Gasteiger partial charge >= 0.3 is 5.97 Å². The Labute approximate surface area is 137 Å². The normalized spacial score (nSPS) is 17.0. The van der Waals surface area contributed by atoms with Crippen LogP contribution in [0.2, 0.25) is 0 Å². The van der Waals surface area contributed by atoms with Gasteiger partial charge in [0.2, 0.25) is 5.89 Å². The van der Waals surface area contributed by atoms with E-state index in [1.165, 1.54) is 0 Å². The van der Waals surface area contributed by atoms with Crippen molar-refractivity contribution in [2.24, 2.45) is 0 Å². The van der Waals surface area contributed by atoms with E-state index in [0.29, 0.717) is 12.6 Å². The summed E-state index contributed by atoms with van der Waals surface area (Å²) in [6.07, 6.45) is 5.02. The van der Waals surface area contributed by atoms with Gasteiger partial charge in [0.15, 0.2) is 5.82 Å². The molecule has 0 unspecified atom stereocenters. The van der Waals surface area contributed by atoms with Crippen LogP contribution >= 0.6 is 0 Å². The predicted octanol–water partition coefficient (Wildman–Crippen LogP) is 1.78. The van der Waals surface area contributed by atoms with E-state index in [9.17, 15) is 4.79 Å². The van der Waals surface area contributed by atoms with Gasteiger partial charge in [0.25, 0.3) is 0 Å². The van der Waals surface area contributed by atoms with Crippen LogP contribution in [0.1, 0.15) is 51.2 Å². The number of carbonyl (C=O) groups is 1. The molecule has 7 heteroatoms. The lowest BCUT2D eigenvalue weighted by Gasteiger charge is -2.37. The maximum atomic E-state index is 10.9. The molecule has 1 N–H and O–H groups in total. The largest absolute Gasteiger partial charge is 0.480 e. The summed E-state index contributed by atoms with van der Waals surface area (Å²) in [5.74, 6) is 0.739. The SMILES string of the molecule is CCCCc1nc(CN2CCC(N(CC)CC(=O)O)CC2)no1. The summed E-state index contributed by atoms with van der Waals surface area (Å²) < 4.78 is 5.27. The van der Waals surface area contributed by atoms with Crippen molar-refractivity contribution >= 4 is 5.97 Å². The van der Waals surface area contributed by atoms with Crippen LogP contribution in [0, 0.1) is 0 Å². The number of carboxylic acid groups (broad SMARTS) is 1. The summed E-state index contributed by atoms with van der Waals surface area (Å²) in [4.78, 5) is 19.7. The molecule has 2 heterocycles. The van der Waals surface area contributed by atoms with E-state index in [1.807, 2.05) is 6.92 Å². The monoisotopic (exact) mass is 324 g/mol. The smallest absolute Gasteiger partial charge is 0.317 e. The lowest BCUT2D eigenvalue weighted by atomic mass is 10.0.